The predicted octanol–water partition coefficient (Wildman–Crippen LogP) is 3.30. The molecule has 3 aromatic heterocycles. The number of carbonyl (C=O) groups excluding carboxylic acids is 1. The van der Waals surface area contributed by atoms with Gasteiger partial charge in [0.2, 0.25) is 5.88 Å². The van der Waals surface area contributed by atoms with Crippen molar-refractivity contribution in [1.82, 2.24) is 30.2 Å². The van der Waals surface area contributed by atoms with Crippen LogP contribution in [0.2, 0.25) is 0 Å². The van der Waals surface area contributed by atoms with Crippen LogP contribution in [0.4, 0.5) is 4.39 Å². The van der Waals surface area contributed by atoms with E-state index >= 15 is 4.39 Å². The van der Waals surface area contributed by atoms with E-state index in [0.717, 1.165) is 47.6 Å². The number of nitrogens with one attached hydrogen (secondary N) is 2. The van der Waals surface area contributed by atoms with Crippen LogP contribution in [0.25, 0.3) is 11.3 Å². The molecule has 0 saturated carbocycles. The minimum absolute atomic E-state index is 0.102. The minimum Gasteiger partial charge on any atom is -0.417 e. The lowest BCUT2D eigenvalue weighted by Gasteiger charge is -2.30. The molecule has 8 nitrogen and oxygen atoms in total. The van der Waals surface area contributed by atoms with E-state index in [-0.39, 0.29) is 17.2 Å². The Balaban J connectivity index is 1.44. The van der Waals surface area contributed by atoms with Gasteiger partial charge < -0.3 is 15.0 Å². The van der Waals surface area contributed by atoms with E-state index in [1.165, 1.54) is 6.33 Å². The molecule has 2 N–H and O–H groups in total. The average molecular weight is 463 g/mol. The summed E-state index contributed by atoms with van der Waals surface area (Å²) in [6, 6.07) is 0. The second-order valence-electron chi connectivity index (χ2n) is 9.90. The number of carbonyl (C=O) groups is 1. The molecule has 1 amide bonds. The Kier molecular flexibility index (Phi) is 4.74. The molecule has 0 saturated heterocycles. The zero-order chi connectivity index (χ0) is 23.6. The number of aryl methyl sites for hydroxylation is 1. The molecule has 0 bridgehead atoms. The molecule has 2 aliphatic heterocycles. The molecular weight excluding hydrogens is 435 g/mol. The van der Waals surface area contributed by atoms with Gasteiger partial charge in [-0.1, -0.05) is 20.8 Å². The van der Waals surface area contributed by atoms with E-state index < -0.39 is 5.82 Å². The first-order valence-electron chi connectivity index (χ1n) is 11.8. The molecule has 0 spiro atoms. The Bertz CT molecular complexity index is 1330. The Morgan fingerprint density at radius 1 is 1.12 bits per heavy atom. The number of aromatic nitrogens is 4. The van der Waals surface area contributed by atoms with Gasteiger partial charge >= 0.3 is 0 Å². The highest BCUT2D eigenvalue weighted by Crippen LogP contribution is 2.43. The largest absolute Gasteiger partial charge is 0.417 e. The fourth-order valence-corrected chi connectivity index (χ4v) is 5.36. The molecule has 176 valence electrons. The molecule has 0 atom stereocenters. The minimum atomic E-state index is -0.536. The molecule has 5 heterocycles. The van der Waals surface area contributed by atoms with Gasteiger partial charge in [0.05, 0.1) is 22.5 Å². The molecule has 3 aliphatic rings. The van der Waals surface area contributed by atoms with Crippen molar-refractivity contribution in [2.45, 2.75) is 52.0 Å². The smallest absolute Gasteiger partial charge is 0.258 e. The van der Waals surface area contributed by atoms with Crippen molar-refractivity contribution in [2.75, 3.05) is 19.6 Å². The van der Waals surface area contributed by atoms with Crippen LogP contribution in [0.1, 0.15) is 59.2 Å². The van der Waals surface area contributed by atoms with Crippen molar-refractivity contribution in [3.05, 3.63) is 52.0 Å². The van der Waals surface area contributed by atoms with Crippen LogP contribution < -0.4 is 10.1 Å². The van der Waals surface area contributed by atoms with Crippen molar-refractivity contribution in [3.8, 4) is 23.0 Å². The van der Waals surface area contributed by atoms with E-state index in [2.05, 4.69) is 50.9 Å². The summed E-state index contributed by atoms with van der Waals surface area (Å²) in [5.41, 5.74) is 5.81. The first kappa shape index (κ1) is 21.2. The van der Waals surface area contributed by atoms with Crippen molar-refractivity contribution < 1.29 is 13.9 Å². The third kappa shape index (κ3) is 3.14. The maximum Gasteiger partial charge on any atom is 0.258 e. The summed E-state index contributed by atoms with van der Waals surface area (Å²) in [6.45, 7) is 9.28. The average Bonchev–Trinajstić information content (AvgIpc) is 3.25. The monoisotopic (exact) mass is 462 g/mol. The number of hydrogen-bond donors (Lipinski definition) is 2. The number of H-pyrrole nitrogens is 1. The van der Waals surface area contributed by atoms with Crippen LogP contribution >= 0.6 is 0 Å². The Labute approximate surface area is 197 Å². The summed E-state index contributed by atoms with van der Waals surface area (Å²) in [4.78, 5) is 31.4. The fourth-order valence-electron chi connectivity index (χ4n) is 5.36. The number of amides is 1. The lowest BCUT2D eigenvalue weighted by molar-refractivity contribution is 0.0928. The summed E-state index contributed by atoms with van der Waals surface area (Å²) >= 11 is 0. The van der Waals surface area contributed by atoms with Crippen molar-refractivity contribution in [3.63, 3.8) is 0 Å². The van der Waals surface area contributed by atoms with Crippen LogP contribution in [0.5, 0.6) is 11.8 Å². The number of pyridine rings is 1. The standard InChI is InChI=1S/C25H27FN6O2/c1-4-32-8-7-16-15(10-32)23(30-12-29-16)34-24-19(26)17-13(9-27-24)5-6-14-18-21(31-20(14)17)25(2,3)11-28-22(18)33/h9,12,31H,4-8,10-11H2,1-3H3,(H,28,33). The first-order chi connectivity index (χ1) is 16.4. The summed E-state index contributed by atoms with van der Waals surface area (Å²) in [6.07, 6.45) is 5.21. The van der Waals surface area contributed by atoms with Gasteiger partial charge in [0.15, 0.2) is 5.82 Å². The van der Waals surface area contributed by atoms with Crippen molar-refractivity contribution in [1.29, 1.82) is 0 Å². The second-order valence-corrected chi connectivity index (χ2v) is 9.90. The zero-order valence-corrected chi connectivity index (χ0v) is 19.6. The number of ether oxygens (including phenoxy) is 1. The van der Waals surface area contributed by atoms with Crippen molar-refractivity contribution in [2.24, 2.45) is 0 Å². The van der Waals surface area contributed by atoms with Crippen LogP contribution in [-0.4, -0.2) is 50.4 Å². The molecular formula is C25H27FN6O2. The highest BCUT2D eigenvalue weighted by Gasteiger charge is 2.39. The summed E-state index contributed by atoms with van der Waals surface area (Å²) < 4.78 is 22.0. The molecule has 1 aliphatic carbocycles. The third-order valence-electron chi connectivity index (χ3n) is 7.34. The van der Waals surface area contributed by atoms with E-state index in [1.54, 1.807) is 6.20 Å². The quantitative estimate of drug-likeness (QED) is 0.620. The molecule has 0 aromatic carbocycles. The third-order valence-corrected chi connectivity index (χ3v) is 7.34. The summed E-state index contributed by atoms with van der Waals surface area (Å²) in [5, 5.41) is 2.98. The van der Waals surface area contributed by atoms with Gasteiger partial charge in [-0.25, -0.2) is 19.3 Å². The Morgan fingerprint density at radius 3 is 2.79 bits per heavy atom. The molecule has 6 rings (SSSR count). The zero-order valence-electron chi connectivity index (χ0n) is 19.6. The second kappa shape index (κ2) is 7.59. The maximum absolute atomic E-state index is 16.0. The molecule has 34 heavy (non-hydrogen) atoms. The Hall–Kier alpha value is -3.33. The summed E-state index contributed by atoms with van der Waals surface area (Å²) in [5.74, 6) is -0.408. The fraction of sp³-hybridized carbons (Fsp3) is 0.440. The Morgan fingerprint density at radius 2 is 1.97 bits per heavy atom. The van der Waals surface area contributed by atoms with Crippen LogP contribution in [-0.2, 0) is 31.2 Å². The van der Waals surface area contributed by atoms with E-state index in [9.17, 15) is 4.79 Å². The topological polar surface area (TPSA) is 96.0 Å². The first-order valence-corrected chi connectivity index (χ1v) is 11.8. The van der Waals surface area contributed by atoms with Crippen LogP contribution in [0, 0.1) is 5.82 Å². The van der Waals surface area contributed by atoms with Gasteiger partial charge in [0, 0.05) is 48.9 Å². The summed E-state index contributed by atoms with van der Waals surface area (Å²) in [7, 11) is 0. The lowest BCUT2D eigenvalue weighted by Crippen LogP contribution is -2.43. The van der Waals surface area contributed by atoms with E-state index in [4.69, 9.17) is 4.74 Å². The van der Waals surface area contributed by atoms with Crippen LogP contribution in [0.15, 0.2) is 12.5 Å². The van der Waals surface area contributed by atoms with Gasteiger partial charge in [0.1, 0.15) is 6.33 Å². The molecule has 9 heteroatoms. The van der Waals surface area contributed by atoms with Gasteiger partial charge in [-0.05, 0) is 30.5 Å². The molecule has 0 fully saturated rings. The highest BCUT2D eigenvalue weighted by molar-refractivity contribution is 6.01. The number of hydrogen-bond acceptors (Lipinski definition) is 6. The number of rotatable bonds is 3. The van der Waals surface area contributed by atoms with E-state index in [1.807, 2.05) is 0 Å². The number of halogens is 1. The molecule has 0 radical (unpaired) electrons. The van der Waals surface area contributed by atoms with Gasteiger partial charge in [-0.2, -0.15) is 0 Å². The molecule has 3 aromatic rings. The molecule has 0 unspecified atom stereocenters. The normalized spacial score (nSPS) is 18.4. The highest BCUT2D eigenvalue weighted by atomic mass is 19.1. The predicted molar refractivity (Wildman–Crippen MR) is 124 cm³/mol. The van der Waals surface area contributed by atoms with E-state index in [0.29, 0.717) is 48.6 Å². The van der Waals surface area contributed by atoms with Gasteiger partial charge in [-0.3, -0.25) is 9.69 Å². The maximum atomic E-state index is 16.0. The van der Waals surface area contributed by atoms with Crippen molar-refractivity contribution >= 4 is 5.91 Å². The van der Waals surface area contributed by atoms with Gasteiger partial charge in [0.25, 0.3) is 11.8 Å². The SMILES string of the molecule is CCN1CCc2ncnc(Oc3ncc4c(c3F)-c3[nH]c5c(c3CC4)C(=O)NCC5(C)C)c2C1. The number of aromatic amines is 1. The van der Waals surface area contributed by atoms with Crippen LogP contribution in [0.3, 0.4) is 0 Å². The number of nitrogens with zero attached hydrogens (tertiary/aromatic N) is 4. The number of fused-ring (bicyclic) bond motifs is 6. The number of likely N-dealkylation sites (N-methyl/N-ethyl adjacent to an activating group) is 1. The van der Waals surface area contributed by atoms with Gasteiger partial charge in [-0.15, -0.1) is 0 Å². The lowest BCUT2D eigenvalue weighted by atomic mass is 9.81.